The van der Waals surface area contributed by atoms with Crippen LogP contribution in [0.15, 0.2) is 34.9 Å². The molecule has 0 bridgehead atoms. The van der Waals surface area contributed by atoms with Crippen LogP contribution in [0.5, 0.6) is 0 Å². The standard InChI is InChI=1S/C27H38O15/c28-11-10-26(15-29,16-30)27(12-17(23(37)38)4-1-7-20(31)32,13-18(24(39)40)5-2-8-21(33)34)14-19(25(41)42)6-3-9-22(35)36/h12-14,28-30H,1-11,15-16H2,(H,31,32)(H,33,34)(H,35,36)(H,37,38)(H,39,40)(H,41,42). The molecule has 0 rings (SSSR count). The molecule has 0 unspecified atom stereocenters. The topological polar surface area (TPSA) is 284 Å². The van der Waals surface area contributed by atoms with Gasteiger partial charge in [-0.25, -0.2) is 14.4 Å². The molecule has 0 spiro atoms. The van der Waals surface area contributed by atoms with Crippen molar-refractivity contribution < 1.29 is 74.7 Å². The summed E-state index contributed by atoms with van der Waals surface area (Å²) in [4.78, 5) is 69.8. The lowest BCUT2D eigenvalue weighted by molar-refractivity contribution is -0.138. The molecular weight excluding hydrogens is 564 g/mol. The first-order chi connectivity index (χ1) is 19.6. The predicted molar refractivity (Wildman–Crippen MR) is 142 cm³/mol. The molecule has 0 saturated heterocycles. The van der Waals surface area contributed by atoms with Gasteiger partial charge in [0, 0.05) is 53.4 Å². The van der Waals surface area contributed by atoms with Gasteiger partial charge in [0.2, 0.25) is 0 Å². The molecule has 0 aromatic rings. The zero-order chi connectivity index (χ0) is 32.5. The summed E-state index contributed by atoms with van der Waals surface area (Å²) in [7, 11) is 0. The van der Waals surface area contributed by atoms with E-state index < -0.39 is 128 Å². The first-order valence-corrected chi connectivity index (χ1v) is 12.9. The highest BCUT2D eigenvalue weighted by molar-refractivity contribution is 5.90. The smallest absolute Gasteiger partial charge is 0.331 e. The SMILES string of the molecule is O=C(O)CCCC(=CC(C=C(CCCC(=O)O)C(=O)O)(C=C(CCCC(=O)O)C(=O)O)C(CO)(CO)CCO)C(=O)O. The number of carboxylic acids is 6. The summed E-state index contributed by atoms with van der Waals surface area (Å²) in [6.07, 6.45) is -1.12. The minimum absolute atomic E-state index is 0.211. The Morgan fingerprint density at radius 2 is 0.762 bits per heavy atom. The number of hydrogen-bond donors (Lipinski definition) is 9. The van der Waals surface area contributed by atoms with Crippen molar-refractivity contribution in [2.45, 2.75) is 64.2 Å². The second-order valence-electron chi connectivity index (χ2n) is 9.67. The molecular formula is C27H38O15. The van der Waals surface area contributed by atoms with Gasteiger partial charge in [0.15, 0.2) is 0 Å². The lowest BCUT2D eigenvalue weighted by Gasteiger charge is -2.45. The molecule has 0 heterocycles. The largest absolute Gasteiger partial charge is 0.481 e. The Morgan fingerprint density at radius 3 is 0.952 bits per heavy atom. The van der Waals surface area contributed by atoms with E-state index in [4.69, 9.17) is 15.3 Å². The average molecular weight is 603 g/mol. The quantitative estimate of drug-likeness (QED) is 0.0741. The van der Waals surface area contributed by atoms with Crippen LogP contribution in [-0.2, 0) is 28.8 Å². The van der Waals surface area contributed by atoms with Crippen molar-refractivity contribution >= 4 is 35.8 Å². The molecule has 42 heavy (non-hydrogen) atoms. The van der Waals surface area contributed by atoms with Gasteiger partial charge >= 0.3 is 35.8 Å². The lowest BCUT2D eigenvalue weighted by Crippen LogP contribution is -2.46. The minimum atomic E-state index is -2.29. The molecule has 9 N–H and O–H groups in total. The number of aliphatic hydroxyl groups is 3. The van der Waals surface area contributed by atoms with Gasteiger partial charge in [-0.3, -0.25) is 14.4 Å². The van der Waals surface area contributed by atoms with Crippen LogP contribution in [0.3, 0.4) is 0 Å². The number of carboxylic acid groups (broad SMARTS) is 6. The highest BCUT2D eigenvalue weighted by Gasteiger charge is 2.48. The van der Waals surface area contributed by atoms with E-state index in [1.807, 2.05) is 0 Å². The van der Waals surface area contributed by atoms with Crippen LogP contribution in [0.2, 0.25) is 0 Å². The van der Waals surface area contributed by atoms with E-state index in [9.17, 15) is 59.4 Å². The number of hydrogen-bond acceptors (Lipinski definition) is 9. The first kappa shape index (κ1) is 37.9. The maximum atomic E-state index is 12.3. The zero-order valence-electron chi connectivity index (χ0n) is 22.9. The van der Waals surface area contributed by atoms with E-state index in [0.717, 1.165) is 18.2 Å². The first-order valence-electron chi connectivity index (χ1n) is 12.9. The monoisotopic (exact) mass is 602 g/mol. The van der Waals surface area contributed by atoms with Crippen molar-refractivity contribution in [3.8, 4) is 0 Å². The van der Waals surface area contributed by atoms with Crippen LogP contribution in [0.25, 0.3) is 0 Å². The van der Waals surface area contributed by atoms with Crippen molar-refractivity contribution in [1.29, 1.82) is 0 Å². The normalized spacial score (nSPS) is 14.2. The fourth-order valence-corrected chi connectivity index (χ4v) is 4.37. The summed E-state index contributed by atoms with van der Waals surface area (Å²) in [5.74, 6) is -8.56. The maximum Gasteiger partial charge on any atom is 0.331 e. The van der Waals surface area contributed by atoms with E-state index in [-0.39, 0.29) is 19.3 Å². The Kier molecular flexibility index (Phi) is 16.6. The Morgan fingerprint density at radius 1 is 0.476 bits per heavy atom. The number of aliphatic hydroxyl groups excluding tert-OH is 3. The molecule has 0 aliphatic rings. The van der Waals surface area contributed by atoms with Crippen molar-refractivity contribution in [2.24, 2.45) is 10.8 Å². The highest BCUT2D eigenvalue weighted by atomic mass is 16.4. The Hall–Kier alpha value is -4.08. The van der Waals surface area contributed by atoms with Crippen LogP contribution in [0.1, 0.15) is 64.2 Å². The van der Waals surface area contributed by atoms with Crippen molar-refractivity contribution in [2.75, 3.05) is 19.8 Å². The van der Waals surface area contributed by atoms with Gasteiger partial charge in [0.1, 0.15) is 0 Å². The molecule has 0 amide bonds. The van der Waals surface area contributed by atoms with Gasteiger partial charge in [-0.15, -0.1) is 0 Å². The van der Waals surface area contributed by atoms with Gasteiger partial charge in [0.05, 0.1) is 13.2 Å². The summed E-state index contributed by atoms with van der Waals surface area (Å²) >= 11 is 0. The minimum Gasteiger partial charge on any atom is -0.481 e. The summed E-state index contributed by atoms with van der Waals surface area (Å²) in [5.41, 5.74) is -5.92. The molecule has 0 atom stereocenters. The Balaban J connectivity index is 7.91. The molecule has 0 fully saturated rings. The summed E-state index contributed by atoms with van der Waals surface area (Å²) in [6.45, 7) is -2.83. The van der Waals surface area contributed by atoms with Crippen LogP contribution in [0, 0.1) is 10.8 Å². The third-order valence-electron chi connectivity index (χ3n) is 6.69. The van der Waals surface area contributed by atoms with E-state index in [1.54, 1.807) is 0 Å². The number of aliphatic carboxylic acids is 6. The molecule has 15 heteroatoms. The Bertz CT molecular complexity index is 962. The van der Waals surface area contributed by atoms with E-state index in [2.05, 4.69) is 0 Å². The third kappa shape index (κ3) is 12.2. The van der Waals surface area contributed by atoms with Gasteiger partial charge < -0.3 is 46.0 Å². The molecule has 236 valence electrons. The summed E-state index contributed by atoms with van der Waals surface area (Å²) in [6, 6.07) is 0. The van der Waals surface area contributed by atoms with E-state index in [1.165, 1.54) is 0 Å². The second kappa shape index (κ2) is 18.4. The molecule has 0 saturated carbocycles. The van der Waals surface area contributed by atoms with Crippen LogP contribution < -0.4 is 0 Å². The fraction of sp³-hybridized carbons (Fsp3) is 0.556. The molecule has 15 nitrogen and oxygen atoms in total. The average Bonchev–Trinajstić information content (AvgIpc) is 2.88. The van der Waals surface area contributed by atoms with Crippen LogP contribution >= 0.6 is 0 Å². The second-order valence-corrected chi connectivity index (χ2v) is 9.67. The van der Waals surface area contributed by atoms with Gasteiger partial charge in [-0.2, -0.15) is 0 Å². The summed E-state index contributed by atoms with van der Waals surface area (Å²) in [5, 5.41) is 87.6. The van der Waals surface area contributed by atoms with Crippen molar-refractivity contribution in [3.05, 3.63) is 34.9 Å². The van der Waals surface area contributed by atoms with Gasteiger partial charge in [-0.1, -0.05) is 18.2 Å². The van der Waals surface area contributed by atoms with Crippen LogP contribution in [0.4, 0.5) is 0 Å². The number of carbonyl (C=O) groups is 6. The fourth-order valence-electron chi connectivity index (χ4n) is 4.37. The number of allylic oxidation sites excluding steroid dienone is 3. The third-order valence-corrected chi connectivity index (χ3v) is 6.69. The van der Waals surface area contributed by atoms with Crippen molar-refractivity contribution in [1.82, 2.24) is 0 Å². The Labute approximate surface area is 240 Å². The highest BCUT2D eigenvalue weighted by Crippen LogP contribution is 2.49. The maximum absolute atomic E-state index is 12.3. The van der Waals surface area contributed by atoms with Crippen LogP contribution in [-0.4, -0.2) is 102 Å². The van der Waals surface area contributed by atoms with Crippen molar-refractivity contribution in [3.63, 3.8) is 0 Å². The van der Waals surface area contributed by atoms with Gasteiger partial charge in [0.25, 0.3) is 0 Å². The lowest BCUT2D eigenvalue weighted by atomic mass is 9.59. The molecule has 0 aliphatic carbocycles. The molecule has 0 aliphatic heterocycles. The predicted octanol–water partition coefficient (Wildman–Crippen LogP) is 1.12. The summed E-state index contributed by atoms with van der Waals surface area (Å²) < 4.78 is 0. The van der Waals surface area contributed by atoms with Gasteiger partial charge in [-0.05, 0) is 44.9 Å². The molecule has 0 radical (unpaired) electrons. The number of rotatable bonds is 23. The zero-order valence-corrected chi connectivity index (χ0v) is 22.9. The molecule has 0 aromatic heterocycles. The molecule has 0 aromatic carbocycles. The van der Waals surface area contributed by atoms with E-state index >= 15 is 0 Å². The van der Waals surface area contributed by atoms with E-state index in [0.29, 0.717) is 0 Å².